The molecular formula is C18H15ClN2O3S. The lowest BCUT2D eigenvalue weighted by molar-refractivity contribution is 0.0959. The Morgan fingerprint density at radius 1 is 1.20 bits per heavy atom. The van der Waals surface area contributed by atoms with Gasteiger partial charge in [0.1, 0.15) is 16.4 Å². The first-order valence-corrected chi connectivity index (χ1v) is 8.56. The zero-order chi connectivity index (χ0) is 17.8. The van der Waals surface area contributed by atoms with Gasteiger partial charge in [0.15, 0.2) is 0 Å². The summed E-state index contributed by atoms with van der Waals surface area (Å²) in [4.78, 5) is 12.8. The molecule has 0 aliphatic rings. The highest BCUT2D eigenvalue weighted by atomic mass is 35.5. The lowest BCUT2D eigenvalue weighted by Gasteiger charge is -2.03. The molecule has 1 N–H and O–H groups in total. The van der Waals surface area contributed by atoms with Crippen LogP contribution < -0.4 is 14.9 Å². The molecule has 0 saturated carbocycles. The van der Waals surface area contributed by atoms with Crippen LogP contribution in [-0.2, 0) is 0 Å². The molecule has 1 aromatic heterocycles. The van der Waals surface area contributed by atoms with E-state index in [9.17, 15) is 4.79 Å². The van der Waals surface area contributed by atoms with Crippen LogP contribution >= 0.6 is 22.9 Å². The molecule has 0 fully saturated rings. The Bertz CT molecular complexity index is 953. The van der Waals surface area contributed by atoms with Gasteiger partial charge in [-0.05, 0) is 30.3 Å². The minimum atomic E-state index is -0.365. The van der Waals surface area contributed by atoms with Crippen LogP contribution in [0.25, 0.3) is 10.1 Å². The summed E-state index contributed by atoms with van der Waals surface area (Å²) in [5.74, 6) is 1.02. The third-order valence-electron chi connectivity index (χ3n) is 3.55. The summed E-state index contributed by atoms with van der Waals surface area (Å²) < 4.78 is 11.3. The second-order valence-corrected chi connectivity index (χ2v) is 6.48. The Labute approximate surface area is 153 Å². The standard InChI is InChI=1S/C18H15ClN2O3S/c1-23-12-7-8-13-15(9-12)25-17(16(13)19)18(22)21-20-10-11-5-3-4-6-14(11)24-2/h3-10H,1-2H3,(H,21,22)/b20-10-. The Kier molecular flexibility index (Phi) is 5.21. The summed E-state index contributed by atoms with van der Waals surface area (Å²) in [6.45, 7) is 0. The van der Waals surface area contributed by atoms with Gasteiger partial charge in [0.05, 0.1) is 25.5 Å². The van der Waals surface area contributed by atoms with Gasteiger partial charge in [-0.2, -0.15) is 5.10 Å². The molecule has 2 aromatic carbocycles. The van der Waals surface area contributed by atoms with E-state index in [1.165, 1.54) is 17.6 Å². The maximum atomic E-state index is 12.4. The highest BCUT2D eigenvalue weighted by molar-refractivity contribution is 7.21. The first kappa shape index (κ1) is 17.3. The van der Waals surface area contributed by atoms with E-state index in [1.807, 2.05) is 42.5 Å². The number of nitrogens with zero attached hydrogens (tertiary/aromatic N) is 1. The Hall–Kier alpha value is -2.57. The van der Waals surface area contributed by atoms with Crippen molar-refractivity contribution in [3.63, 3.8) is 0 Å². The van der Waals surface area contributed by atoms with Crippen molar-refractivity contribution in [2.24, 2.45) is 5.10 Å². The van der Waals surface area contributed by atoms with Gasteiger partial charge in [-0.3, -0.25) is 4.79 Å². The number of halogens is 1. The van der Waals surface area contributed by atoms with E-state index in [-0.39, 0.29) is 5.91 Å². The van der Waals surface area contributed by atoms with Crippen LogP contribution in [0.1, 0.15) is 15.2 Å². The number of ether oxygens (including phenoxy) is 2. The minimum absolute atomic E-state index is 0.365. The third kappa shape index (κ3) is 3.60. The lowest BCUT2D eigenvalue weighted by Crippen LogP contribution is -2.16. The van der Waals surface area contributed by atoms with E-state index < -0.39 is 0 Å². The molecule has 0 unspecified atom stereocenters. The SMILES string of the molecule is COc1ccc2c(Cl)c(C(=O)N/N=C\c3ccccc3OC)sc2c1. The number of rotatable bonds is 5. The monoisotopic (exact) mass is 374 g/mol. The van der Waals surface area contributed by atoms with Crippen molar-refractivity contribution in [1.29, 1.82) is 0 Å². The van der Waals surface area contributed by atoms with Crippen LogP contribution in [0.2, 0.25) is 5.02 Å². The largest absolute Gasteiger partial charge is 0.497 e. The molecule has 0 bridgehead atoms. The van der Waals surface area contributed by atoms with Gasteiger partial charge in [0, 0.05) is 15.6 Å². The highest BCUT2D eigenvalue weighted by Crippen LogP contribution is 2.37. The predicted molar refractivity (Wildman–Crippen MR) is 101 cm³/mol. The first-order chi connectivity index (χ1) is 12.1. The van der Waals surface area contributed by atoms with Crippen LogP contribution in [-0.4, -0.2) is 26.3 Å². The molecule has 7 heteroatoms. The second kappa shape index (κ2) is 7.55. The molecule has 5 nitrogen and oxygen atoms in total. The van der Waals surface area contributed by atoms with Gasteiger partial charge in [-0.1, -0.05) is 23.7 Å². The second-order valence-electron chi connectivity index (χ2n) is 5.05. The topological polar surface area (TPSA) is 59.9 Å². The van der Waals surface area contributed by atoms with E-state index in [0.717, 1.165) is 15.6 Å². The fraction of sp³-hybridized carbons (Fsp3) is 0.111. The van der Waals surface area contributed by atoms with Gasteiger partial charge >= 0.3 is 0 Å². The van der Waals surface area contributed by atoms with Gasteiger partial charge in [0.25, 0.3) is 5.91 Å². The molecule has 0 radical (unpaired) electrons. The molecule has 25 heavy (non-hydrogen) atoms. The van der Waals surface area contributed by atoms with E-state index >= 15 is 0 Å². The molecule has 1 heterocycles. The Morgan fingerprint density at radius 3 is 2.76 bits per heavy atom. The molecule has 3 rings (SSSR count). The summed E-state index contributed by atoms with van der Waals surface area (Å²) >= 11 is 7.62. The molecule has 1 amide bonds. The number of hydrogen-bond donors (Lipinski definition) is 1. The predicted octanol–water partition coefficient (Wildman–Crippen LogP) is 4.34. The van der Waals surface area contributed by atoms with Crippen LogP contribution in [0, 0.1) is 0 Å². The molecule has 0 spiro atoms. The van der Waals surface area contributed by atoms with Crippen LogP contribution in [0.15, 0.2) is 47.6 Å². The molecule has 3 aromatic rings. The zero-order valence-electron chi connectivity index (χ0n) is 13.6. The summed E-state index contributed by atoms with van der Waals surface area (Å²) in [5, 5.41) is 5.21. The number of carbonyl (C=O) groups is 1. The van der Waals surface area contributed by atoms with Gasteiger partial charge in [0.2, 0.25) is 0 Å². The van der Waals surface area contributed by atoms with Crippen molar-refractivity contribution in [3.8, 4) is 11.5 Å². The number of hydrogen-bond acceptors (Lipinski definition) is 5. The maximum absolute atomic E-state index is 12.4. The number of amides is 1. The number of carbonyl (C=O) groups excluding carboxylic acids is 1. The summed E-state index contributed by atoms with van der Waals surface area (Å²) in [7, 11) is 3.17. The fourth-order valence-electron chi connectivity index (χ4n) is 2.30. The smallest absolute Gasteiger partial charge is 0.283 e. The van der Waals surface area contributed by atoms with Crippen molar-refractivity contribution in [3.05, 3.63) is 57.9 Å². The minimum Gasteiger partial charge on any atom is -0.497 e. The number of fused-ring (bicyclic) bond motifs is 1. The van der Waals surface area contributed by atoms with Gasteiger partial charge in [-0.25, -0.2) is 5.43 Å². The van der Waals surface area contributed by atoms with E-state index in [1.54, 1.807) is 14.2 Å². The quantitative estimate of drug-likeness (QED) is 0.534. The van der Waals surface area contributed by atoms with E-state index in [2.05, 4.69) is 10.5 Å². The molecule has 128 valence electrons. The van der Waals surface area contributed by atoms with E-state index in [0.29, 0.717) is 21.4 Å². The summed E-state index contributed by atoms with van der Waals surface area (Å²) in [6.07, 6.45) is 1.53. The molecule has 0 aliphatic heterocycles. The Balaban J connectivity index is 1.80. The maximum Gasteiger partial charge on any atom is 0.283 e. The number of para-hydroxylation sites is 1. The lowest BCUT2D eigenvalue weighted by atomic mass is 10.2. The van der Waals surface area contributed by atoms with Crippen molar-refractivity contribution < 1.29 is 14.3 Å². The van der Waals surface area contributed by atoms with Crippen LogP contribution in [0.3, 0.4) is 0 Å². The Morgan fingerprint density at radius 2 is 2.00 bits per heavy atom. The number of thiophene rings is 1. The average molecular weight is 375 g/mol. The number of benzene rings is 2. The van der Waals surface area contributed by atoms with Crippen LogP contribution in [0.4, 0.5) is 0 Å². The summed E-state index contributed by atoms with van der Waals surface area (Å²) in [5.41, 5.74) is 3.26. The van der Waals surface area contributed by atoms with Gasteiger partial charge < -0.3 is 9.47 Å². The molecule has 0 saturated heterocycles. The third-order valence-corrected chi connectivity index (χ3v) is 5.21. The zero-order valence-corrected chi connectivity index (χ0v) is 15.1. The normalized spacial score (nSPS) is 11.0. The van der Waals surface area contributed by atoms with Crippen molar-refractivity contribution in [2.75, 3.05) is 14.2 Å². The molecule has 0 atom stereocenters. The fourth-order valence-corrected chi connectivity index (χ4v) is 3.74. The number of nitrogens with one attached hydrogen (secondary N) is 1. The molecule has 0 aliphatic carbocycles. The molecular weight excluding hydrogens is 360 g/mol. The van der Waals surface area contributed by atoms with Crippen LogP contribution in [0.5, 0.6) is 11.5 Å². The average Bonchev–Trinajstić information content (AvgIpc) is 2.98. The van der Waals surface area contributed by atoms with Crippen molar-refractivity contribution in [1.82, 2.24) is 5.43 Å². The number of methoxy groups -OCH3 is 2. The van der Waals surface area contributed by atoms with E-state index in [4.69, 9.17) is 21.1 Å². The van der Waals surface area contributed by atoms with Gasteiger partial charge in [-0.15, -0.1) is 11.3 Å². The highest BCUT2D eigenvalue weighted by Gasteiger charge is 2.17. The first-order valence-electron chi connectivity index (χ1n) is 7.36. The summed E-state index contributed by atoms with van der Waals surface area (Å²) in [6, 6.07) is 12.9. The number of hydrazone groups is 1. The van der Waals surface area contributed by atoms with Crippen molar-refractivity contribution in [2.45, 2.75) is 0 Å². The van der Waals surface area contributed by atoms with Crippen molar-refractivity contribution >= 4 is 45.1 Å².